The first-order valence-electron chi connectivity index (χ1n) is 21.0. The van der Waals surface area contributed by atoms with Crippen LogP contribution in [0.25, 0.3) is 33.4 Å². The Hall–Kier alpha value is -7.42. The highest BCUT2D eigenvalue weighted by molar-refractivity contribution is 5.98. The molecule has 0 saturated heterocycles. The molecular weight excluding hydrogens is 725 g/mol. The smallest absolute Gasteiger partial charge is 0.0725 e. The molecule has 1 spiro atoms. The number of hydrogen-bond acceptors (Lipinski definition) is 2. The van der Waals surface area contributed by atoms with E-state index < -0.39 is 5.41 Å². The molecule has 1 atom stereocenters. The Labute approximate surface area is 352 Å². The van der Waals surface area contributed by atoms with E-state index in [1.807, 2.05) is 0 Å². The van der Waals surface area contributed by atoms with Crippen molar-refractivity contribution in [3.05, 3.63) is 252 Å². The van der Waals surface area contributed by atoms with Gasteiger partial charge in [0.05, 0.1) is 11.1 Å². The highest BCUT2D eigenvalue weighted by Crippen LogP contribution is 2.64. The van der Waals surface area contributed by atoms with E-state index in [4.69, 9.17) is 0 Å². The monoisotopic (exact) mass is 766 g/mol. The molecule has 0 bridgehead atoms. The zero-order chi connectivity index (χ0) is 40.0. The van der Waals surface area contributed by atoms with Gasteiger partial charge in [0.2, 0.25) is 0 Å². The minimum Gasteiger partial charge on any atom is -0.310 e. The fraction of sp³-hybridized carbons (Fsp3) is 0.0690. The lowest BCUT2D eigenvalue weighted by Crippen LogP contribution is -2.26. The summed E-state index contributed by atoms with van der Waals surface area (Å²) in [7, 11) is 0. The second-order valence-electron chi connectivity index (χ2n) is 16.8. The minimum absolute atomic E-state index is 0.171. The van der Waals surface area contributed by atoms with Gasteiger partial charge in [-0.1, -0.05) is 166 Å². The van der Waals surface area contributed by atoms with Crippen LogP contribution in [0.2, 0.25) is 0 Å². The molecule has 3 aliphatic rings. The lowest BCUT2D eigenvalue weighted by Gasteiger charge is -2.33. The Kier molecular flexibility index (Phi) is 7.52. The summed E-state index contributed by atoms with van der Waals surface area (Å²) in [5.74, 6) is 0. The molecular formula is C58H42N2. The molecule has 0 N–H and O–H groups in total. The maximum atomic E-state index is 2.49. The quantitative estimate of drug-likeness (QED) is 0.166. The molecule has 0 saturated carbocycles. The van der Waals surface area contributed by atoms with Gasteiger partial charge < -0.3 is 9.80 Å². The fourth-order valence-corrected chi connectivity index (χ4v) is 11.0. The van der Waals surface area contributed by atoms with Crippen LogP contribution in [0.5, 0.6) is 0 Å². The first-order chi connectivity index (χ1) is 29.5. The van der Waals surface area contributed by atoms with Crippen LogP contribution in [0.1, 0.15) is 47.2 Å². The molecule has 0 radical (unpaired) electrons. The number of rotatable bonds is 6. The van der Waals surface area contributed by atoms with Crippen molar-refractivity contribution in [1.82, 2.24) is 0 Å². The van der Waals surface area contributed by atoms with Gasteiger partial charge in [-0.3, -0.25) is 0 Å². The second kappa shape index (κ2) is 13.0. The summed E-state index contributed by atoms with van der Waals surface area (Å²) >= 11 is 0. The van der Waals surface area contributed by atoms with E-state index in [1.165, 1.54) is 72.4 Å². The van der Waals surface area contributed by atoms with Crippen LogP contribution in [0.15, 0.2) is 218 Å². The van der Waals surface area contributed by atoms with Crippen LogP contribution < -0.4 is 9.80 Å². The van der Waals surface area contributed by atoms with Crippen LogP contribution >= 0.6 is 0 Å². The Bertz CT molecular complexity index is 3090. The molecule has 9 aromatic rings. The van der Waals surface area contributed by atoms with Gasteiger partial charge in [0.15, 0.2) is 0 Å². The van der Waals surface area contributed by atoms with Crippen LogP contribution in [-0.4, -0.2) is 0 Å². The van der Waals surface area contributed by atoms with E-state index >= 15 is 0 Å². The van der Waals surface area contributed by atoms with E-state index in [2.05, 4.69) is 242 Å². The number of benzene rings is 9. The van der Waals surface area contributed by atoms with Crippen LogP contribution in [0.4, 0.5) is 34.1 Å². The Morgan fingerprint density at radius 2 is 0.667 bits per heavy atom. The standard InChI is InChI=1S/C58H42N2/c1-57(2)50-29-15-12-25-44(50)47-28-18-32-55(56(47)57)60(41-23-10-5-11-24-41)43-34-36-54-49(38-43)46-27-14-17-31-52(46)58(54)51-30-16-13-26-45(51)48-37-42(33-35-53(48)58)59(39-19-6-3-7-20-39)40-21-8-4-9-22-40/h3-38H,1-2H3. The van der Waals surface area contributed by atoms with Gasteiger partial charge in [0.1, 0.15) is 0 Å². The molecule has 12 rings (SSSR count). The van der Waals surface area contributed by atoms with Crippen molar-refractivity contribution in [1.29, 1.82) is 0 Å². The molecule has 0 amide bonds. The third kappa shape index (κ3) is 4.76. The van der Waals surface area contributed by atoms with Crippen LogP contribution in [0, 0.1) is 0 Å². The van der Waals surface area contributed by atoms with Crippen molar-refractivity contribution in [2.24, 2.45) is 0 Å². The molecule has 1 unspecified atom stereocenters. The largest absolute Gasteiger partial charge is 0.310 e. The van der Waals surface area contributed by atoms with E-state index in [1.54, 1.807) is 0 Å². The Morgan fingerprint density at radius 1 is 0.283 bits per heavy atom. The van der Waals surface area contributed by atoms with Gasteiger partial charge in [-0.2, -0.15) is 0 Å². The van der Waals surface area contributed by atoms with Gasteiger partial charge in [-0.25, -0.2) is 0 Å². The van der Waals surface area contributed by atoms with Gasteiger partial charge in [0.25, 0.3) is 0 Å². The molecule has 0 heterocycles. The lowest BCUT2D eigenvalue weighted by atomic mass is 9.70. The normalized spacial score (nSPS) is 15.7. The predicted molar refractivity (Wildman–Crippen MR) is 250 cm³/mol. The molecule has 0 aromatic heterocycles. The summed E-state index contributed by atoms with van der Waals surface area (Å²) in [6.07, 6.45) is 0. The lowest BCUT2D eigenvalue weighted by molar-refractivity contribution is 0.661. The Balaban J connectivity index is 1.07. The summed E-state index contributed by atoms with van der Waals surface area (Å²) in [6, 6.07) is 80.8. The molecule has 2 heteroatoms. The number of hydrogen-bond donors (Lipinski definition) is 0. The summed E-state index contributed by atoms with van der Waals surface area (Å²) < 4.78 is 0. The first kappa shape index (κ1) is 34.6. The minimum atomic E-state index is -0.464. The topological polar surface area (TPSA) is 6.48 Å². The molecule has 2 nitrogen and oxygen atoms in total. The molecule has 0 fully saturated rings. The SMILES string of the molecule is CC1(C)c2ccccc2-c2cccc(N(c3ccccc3)c3ccc4c(c3)-c3ccccc3C43c4ccccc4-c4cc(N(c5ccccc5)c5ccccc5)ccc43)c21. The molecule has 0 aliphatic heterocycles. The highest BCUT2D eigenvalue weighted by atomic mass is 15.2. The number of nitrogens with zero attached hydrogens (tertiary/aromatic N) is 2. The maximum absolute atomic E-state index is 2.49. The number of anilines is 6. The summed E-state index contributed by atoms with van der Waals surface area (Å²) in [5, 5.41) is 0. The average Bonchev–Trinajstić information content (AvgIpc) is 3.86. The van der Waals surface area contributed by atoms with Gasteiger partial charge in [-0.05, 0) is 133 Å². The number of para-hydroxylation sites is 3. The molecule has 284 valence electrons. The average molecular weight is 767 g/mol. The summed E-state index contributed by atoms with van der Waals surface area (Å²) in [6.45, 7) is 4.76. The van der Waals surface area contributed by atoms with Crippen molar-refractivity contribution < 1.29 is 0 Å². The van der Waals surface area contributed by atoms with Crippen molar-refractivity contribution in [3.63, 3.8) is 0 Å². The first-order valence-corrected chi connectivity index (χ1v) is 21.0. The van der Waals surface area contributed by atoms with E-state index in [0.717, 1.165) is 28.4 Å². The van der Waals surface area contributed by atoms with Crippen molar-refractivity contribution >= 4 is 34.1 Å². The van der Waals surface area contributed by atoms with Crippen molar-refractivity contribution in [3.8, 4) is 33.4 Å². The molecule has 9 aromatic carbocycles. The maximum Gasteiger partial charge on any atom is 0.0725 e. The highest BCUT2D eigenvalue weighted by Gasteiger charge is 2.52. The van der Waals surface area contributed by atoms with Gasteiger partial charge >= 0.3 is 0 Å². The van der Waals surface area contributed by atoms with E-state index in [-0.39, 0.29) is 5.41 Å². The molecule has 3 aliphatic carbocycles. The predicted octanol–water partition coefficient (Wildman–Crippen LogP) is 15.3. The zero-order valence-corrected chi connectivity index (χ0v) is 33.7. The van der Waals surface area contributed by atoms with Gasteiger partial charge in [0, 0.05) is 33.9 Å². The van der Waals surface area contributed by atoms with Gasteiger partial charge in [-0.15, -0.1) is 0 Å². The van der Waals surface area contributed by atoms with Crippen LogP contribution in [-0.2, 0) is 10.8 Å². The fourth-order valence-electron chi connectivity index (χ4n) is 11.0. The third-order valence-corrected chi connectivity index (χ3v) is 13.4. The van der Waals surface area contributed by atoms with Crippen LogP contribution in [0.3, 0.4) is 0 Å². The summed E-state index contributed by atoms with van der Waals surface area (Å²) in [5.41, 5.74) is 22.1. The third-order valence-electron chi connectivity index (χ3n) is 13.4. The Morgan fingerprint density at radius 3 is 1.18 bits per heavy atom. The molecule has 60 heavy (non-hydrogen) atoms. The van der Waals surface area contributed by atoms with Crippen molar-refractivity contribution in [2.75, 3.05) is 9.80 Å². The number of fused-ring (bicyclic) bond motifs is 13. The zero-order valence-electron chi connectivity index (χ0n) is 33.7. The second-order valence-corrected chi connectivity index (χ2v) is 16.8. The summed E-state index contributed by atoms with van der Waals surface area (Å²) in [4.78, 5) is 4.86. The van der Waals surface area contributed by atoms with E-state index in [0.29, 0.717) is 0 Å². The van der Waals surface area contributed by atoms with Crippen molar-refractivity contribution in [2.45, 2.75) is 24.7 Å². The van der Waals surface area contributed by atoms with E-state index in [9.17, 15) is 0 Å².